The second-order valence-corrected chi connectivity index (χ2v) is 7.51. The second kappa shape index (κ2) is 9.84. The molecule has 0 spiro atoms. The van der Waals surface area contributed by atoms with E-state index in [9.17, 15) is 9.59 Å². The van der Waals surface area contributed by atoms with Crippen molar-refractivity contribution in [1.82, 2.24) is 15.2 Å². The van der Waals surface area contributed by atoms with Crippen LogP contribution in [0.1, 0.15) is 24.8 Å². The van der Waals surface area contributed by atoms with Crippen LogP contribution in [0.25, 0.3) is 11.3 Å². The summed E-state index contributed by atoms with van der Waals surface area (Å²) in [6.07, 6.45) is 5.37. The molecule has 2 aromatic carbocycles. The van der Waals surface area contributed by atoms with Gasteiger partial charge in [-0.05, 0) is 43.0 Å². The van der Waals surface area contributed by atoms with E-state index in [2.05, 4.69) is 32.7 Å². The molecule has 1 aliphatic rings. The molecule has 1 aromatic heterocycles. The summed E-state index contributed by atoms with van der Waals surface area (Å²) in [4.78, 5) is 26.7. The Kier molecular flexibility index (Phi) is 6.52. The Morgan fingerprint density at radius 3 is 2.45 bits per heavy atom. The highest BCUT2D eigenvalue weighted by molar-refractivity contribution is 5.82. The Hall–Kier alpha value is -3.74. The maximum Gasteiger partial charge on any atom is 0.267 e. The number of carbonyl (C=O) groups is 1. The zero-order valence-corrected chi connectivity index (χ0v) is 17.3. The number of carbonyl (C=O) groups excluding carboxylic acids is 1. The summed E-state index contributed by atoms with van der Waals surface area (Å²) in [5.41, 5.74) is 5.73. The van der Waals surface area contributed by atoms with Gasteiger partial charge in [-0.1, -0.05) is 42.5 Å². The van der Waals surface area contributed by atoms with Crippen LogP contribution in [0.4, 0.5) is 5.69 Å². The molecule has 7 nitrogen and oxygen atoms in total. The van der Waals surface area contributed by atoms with Crippen molar-refractivity contribution in [3.05, 3.63) is 82.6 Å². The molecule has 158 valence electrons. The standard InChI is InChI=1S/C24H25N5O2/c30-23(18-29-24(31)14-13-22(27-29)20-7-3-1-4-8-20)26-25-17-19-9-11-21(12-10-19)28-15-5-2-6-16-28/h1,3-4,7-14,17H,2,5-6,15-16,18H2,(H,26,30)/b25-17+. The molecule has 0 atom stereocenters. The van der Waals surface area contributed by atoms with E-state index >= 15 is 0 Å². The monoisotopic (exact) mass is 415 g/mol. The smallest absolute Gasteiger partial charge is 0.267 e. The fraction of sp³-hybridized carbons (Fsp3) is 0.250. The van der Waals surface area contributed by atoms with Gasteiger partial charge in [0, 0.05) is 30.4 Å². The molecule has 1 amide bonds. The summed E-state index contributed by atoms with van der Waals surface area (Å²) in [6, 6.07) is 20.7. The minimum atomic E-state index is -0.416. The number of hydrogen-bond donors (Lipinski definition) is 1. The molecule has 0 bridgehead atoms. The van der Waals surface area contributed by atoms with E-state index in [0.29, 0.717) is 5.69 Å². The van der Waals surface area contributed by atoms with Crippen LogP contribution in [-0.4, -0.2) is 35.0 Å². The summed E-state index contributed by atoms with van der Waals surface area (Å²) >= 11 is 0. The number of nitrogens with zero attached hydrogens (tertiary/aromatic N) is 4. The molecule has 4 rings (SSSR count). The van der Waals surface area contributed by atoms with Gasteiger partial charge in [0.2, 0.25) is 0 Å². The number of hydrogen-bond acceptors (Lipinski definition) is 5. The van der Waals surface area contributed by atoms with Gasteiger partial charge in [-0.3, -0.25) is 9.59 Å². The Labute approximate surface area is 181 Å². The third kappa shape index (κ3) is 5.45. The van der Waals surface area contributed by atoms with Crippen molar-refractivity contribution in [2.75, 3.05) is 18.0 Å². The highest BCUT2D eigenvalue weighted by Crippen LogP contribution is 2.19. The van der Waals surface area contributed by atoms with Crippen molar-refractivity contribution in [2.45, 2.75) is 25.8 Å². The lowest BCUT2D eigenvalue weighted by atomic mass is 10.1. The SMILES string of the molecule is O=C(Cn1nc(-c2ccccc2)ccc1=O)N/N=C/c1ccc(N2CCCCC2)cc1. The fourth-order valence-electron chi connectivity index (χ4n) is 3.60. The van der Waals surface area contributed by atoms with Gasteiger partial charge < -0.3 is 4.90 Å². The van der Waals surface area contributed by atoms with Gasteiger partial charge in [-0.15, -0.1) is 0 Å². The van der Waals surface area contributed by atoms with Crippen molar-refractivity contribution in [3.63, 3.8) is 0 Å². The number of piperidine rings is 1. The van der Waals surface area contributed by atoms with Gasteiger partial charge in [0.05, 0.1) is 11.9 Å². The molecule has 7 heteroatoms. The summed E-state index contributed by atoms with van der Waals surface area (Å²) in [6.45, 7) is 2.00. The quantitative estimate of drug-likeness (QED) is 0.496. The third-order valence-electron chi connectivity index (χ3n) is 5.25. The Morgan fingerprint density at radius 1 is 0.968 bits per heavy atom. The average molecular weight is 415 g/mol. The van der Waals surface area contributed by atoms with E-state index in [0.717, 1.165) is 28.9 Å². The van der Waals surface area contributed by atoms with E-state index in [4.69, 9.17) is 0 Å². The minimum Gasteiger partial charge on any atom is -0.372 e. The number of aromatic nitrogens is 2. The normalized spacial score (nSPS) is 14.0. The van der Waals surface area contributed by atoms with Crippen LogP contribution in [0.15, 0.2) is 76.6 Å². The number of amides is 1. The largest absolute Gasteiger partial charge is 0.372 e. The summed E-state index contributed by atoms with van der Waals surface area (Å²) in [5.74, 6) is -0.416. The summed E-state index contributed by atoms with van der Waals surface area (Å²) in [7, 11) is 0. The van der Waals surface area contributed by atoms with E-state index < -0.39 is 5.91 Å². The topological polar surface area (TPSA) is 79.6 Å². The van der Waals surface area contributed by atoms with Gasteiger partial charge in [0.15, 0.2) is 0 Å². The zero-order valence-electron chi connectivity index (χ0n) is 17.3. The molecule has 0 saturated carbocycles. The third-order valence-corrected chi connectivity index (χ3v) is 5.25. The second-order valence-electron chi connectivity index (χ2n) is 7.51. The van der Waals surface area contributed by atoms with Crippen LogP contribution in [0.2, 0.25) is 0 Å². The Bertz CT molecular complexity index is 1100. The maximum atomic E-state index is 12.2. The van der Waals surface area contributed by atoms with Gasteiger partial charge in [-0.25, -0.2) is 10.1 Å². The number of hydrazone groups is 1. The first kappa shape index (κ1) is 20.5. The zero-order chi connectivity index (χ0) is 21.5. The van der Waals surface area contributed by atoms with Gasteiger partial charge in [0.25, 0.3) is 11.5 Å². The van der Waals surface area contributed by atoms with Crippen LogP contribution in [0.5, 0.6) is 0 Å². The lowest BCUT2D eigenvalue weighted by Gasteiger charge is -2.28. The molecule has 0 aliphatic carbocycles. The first-order chi connectivity index (χ1) is 15.2. The van der Waals surface area contributed by atoms with Crippen LogP contribution in [0, 0.1) is 0 Å². The van der Waals surface area contributed by atoms with E-state index in [1.54, 1.807) is 12.3 Å². The molecular weight excluding hydrogens is 390 g/mol. The van der Waals surface area contributed by atoms with E-state index in [1.807, 2.05) is 42.5 Å². The van der Waals surface area contributed by atoms with Crippen LogP contribution in [-0.2, 0) is 11.3 Å². The molecule has 3 aromatic rings. The van der Waals surface area contributed by atoms with E-state index in [-0.39, 0.29) is 12.1 Å². The number of anilines is 1. The van der Waals surface area contributed by atoms with Crippen LogP contribution in [0.3, 0.4) is 0 Å². The average Bonchev–Trinajstić information content (AvgIpc) is 2.82. The Balaban J connectivity index is 1.35. The highest BCUT2D eigenvalue weighted by atomic mass is 16.2. The van der Waals surface area contributed by atoms with Gasteiger partial charge in [-0.2, -0.15) is 10.2 Å². The molecule has 0 radical (unpaired) electrons. The maximum absolute atomic E-state index is 12.2. The van der Waals surface area contributed by atoms with Crippen LogP contribution < -0.4 is 15.9 Å². The molecular formula is C24H25N5O2. The predicted molar refractivity (Wildman–Crippen MR) is 122 cm³/mol. The van der Waals surface area contributed by atoms with Crippen molar-refractivity contribution < 1.29 is 4.79 Å². The molecule has 2 heterocycles. The lowest BCUT2D eigenvalue weighted by Crippen LogP contribution is -2.31. The molecule has 31 heavy (non-hydrogen) atoms. The van der Waals surface area contributed by atoms with Crippen LogP contribution >= 0.6 is 0 Å². The van der Waals surface area contributed by atoms with Gasteiger partial charge >= 0.3 is 0 Å². The summed E-state index contributed by atoms with van der Waals surface area (Å²) < 4.78 is 1.14. The van der Waals surface area contributed by atoms with E-state index in [1.165, 1.54) is 31.0 Å². The molecule has 1 aliphatic heterocycles. The lowest BCUT2D eigenvalue weighted by molar-refractivity contribution is -0.121. The summed E-state index contributed by atoms with van der Waals surface area (Å²) in [5, 5.41) is 8.30. The number of benzene rings is 2. The highest BCUT2D eigenvalue weighted by Gasteiger charge is 2.10. The number of rotatable bonds is 6. The molecule has 1 saturated heterocycles. The minimum absolute atomic E-state index is 0.204. The molecule has 1 N–H and O–H groups in total. The molecule has 0 unspecified atom stereocenters. The Morgan fingerprint density at radius 2 is 1.71 bits per heavy atom. The first-order valence-corrected chi connectivity index (χ1v) is 10.5. The van der Waals surface area contributed by atoms with Crippen molar-refractivity contribution >= 4 is 17.8 Å². The first-order valence-electron chi connectivity index (χ1n) is 10.5. The fourth-order valence-corrected chi connectivity index (χ4v) is 3.60. The molecule has 1 fully saturated rings. The predicted octanol–water partition coefficient (Wildman–Crippen LogP) is 3.05. The number of nitrogens with one attached hydrogen (secondary N) is 1. The van der Waals surface area contributed by atoms with Gasteiger partial charge in [0.1, 0.15) is 6.54 Å². The van der Waals surface area contributed by atoms with Crippen molar-refractivity contribution in [3.8, 4) is 11.3 Å². The van der Waals surface area contributed by atoms with Crippen molar-refractivity contribution in [2.24, 2.45) is 5.10 Å². The van der Waals surface area contributed by atoms with Crippen molar-refractivity contribution in [1.29, 1.82) is 0 Å².